The first-order valence-electron chi connectivity index (χ1n) is 18.5. The van der Waals surface area contributed by atoms with E-state index in [1.54, 1.807) is 18.2 Å². The molecule has 11 nitrogen and oxygen atoms in total. The predicted molar refractivity (Wildman–Crippen MR) is 221 cm³/mol. The van der Waals surface area contributed by atoms with Gasteiger partial charge in [-0.3, -0.25) is 34.0 Å². The summed E-state index contributed by atoms with van der Waals surface area (Å²) in [5.74, 6) is -2.42. The number of amides is 4. The van der Waals surface area contributed by atoms with Gasteiger partial charge in [-0.05, 0) is 70.2 Å². The summed E-state index contributed by atoms with van der Waals surface area (Å²) in [4.78, 5) is 62.1. The van der Waals surface area contributed by atoms with Crippen LogP contribution < -0.4 is 15.0 Å². The minimum atomic E-state index is -4.92. The molecule has 4 amide bonds. The van der Waals surface area contributed by atoms with Crippen molar-refractivity contribution in [2.45, 2.75) is 78.2 Å². The second kappa shape index (κ2) is 19.4. The number of nitrogens with one attached hydrogen (secondary N) is 1. The van der Waals surface area contributed by atoms with Crippen molar-refractivity contribution in [2.75, 3.05) is 11.4 Å². The van der Waals surface area contributed by atoms with Crippen LogP contribution in [0, 0.1) is 0 Å². The fraction of sp³-hybridized carbons (Fsp3) is 0.302. The minimum Gasteiger partial charge on any atom is -0.505 e. The summed E-state index contributed by atoms with van der Waals surface area (Å²) in [6.07, 6.45) is 1.41. The first kappa shape index (κ1) is 44.6. The fourth-order valence-electron chi connectivity index (χ4n) is 6.12. The standard InChI is InChI=1S/C41H40F3N5O6S.C2H6/c1-6-26-14-17-29(38(54)36(26)45-5)37(27-12-15-28(16-13-27)55-41(42,43)44)49(39-46-30-9-7-8-10-31(30)56-39)35(53)18-11-25(2)21-23-40(3,4)47-32(50)22-24-48-33(51)19-20-34(48)52;1-2/h6-10,12-17,19-21,37,54H,1,5,11,18,22-24H2,2-4H3,(H,47,50);1-2H3/b25-21-;. The van der Waals surface area contributed by atoms with E-state index in [-0.39, 0.29) is 47.4 Å². The second-order valence-electron chi connectivity index (χ2n) is 13.6. The van der Waals surface area contributed by atoms with Gasteiger partial charge in [-0.2, -0.15) is 0 Å². The molecular formula is C43H46F3N5O6S. The molecule has 1 atom stereocenters. The number of hydrogen-bond donors (Lipinski definition) is 2. The number of fused-ring (bicyclic) bond motifs is 1. The van der Waals surface area contributed by atoms with E-state index in [0.717, 1.165) is 39.5 Å². The van der Waals surface area contributed by atoms with Gasteiger partial charge >= 0.3 is 6.36 Å². The molecule has 1 aliphatic heterocycles. The van der Waals surface area contributed by atoms with Crippen molar-refractivity contribution in [3.8, 4) is 11.5 Å². The number of benzene rings is 3. The van der Waals surface area contributed by atoms with Crippen molar-refractivity contribution in [3.05, 3.63) is 108 Å². The summed E-state index contributed by atoms with van der Waals surface area (Å²) in [5.41, 5.74) is 1.91. The number of phenolic OH excluding ortho intramolecular Hbond substituents is 1. The van der Waals surface area contributed by atoms with Crippen LogP contribution in [0.1, 0.15) is 83.0 Å². The molecule has 1 unspecified atom stereocenters. The molecule has 0 spiro atoms. The highest BCUT2D eigenvalue weighted by Gasteiger charge is 2.35. The Morgan fingerprint density at radius 1 is 1.02 bits per heavy atom. The van der Waals surface area contributed by atoms with E-state index in [2.05, 4.69) is 28.3 Å². The number of carbonyl (C=O) groups is 4. The molecule has 3 aromatic carbocycles. The average molecular weight is 818 g/mol. The molecule has 15 heteroatoms. The molecule has 1 aliphatic rings. The fourth-order valence-corrected chi connectivity index (χ4v) is 7.13. The quantitative estimate of drug-likeness (QED) is 0.0652. The monoisotopic (exact) mass is 817 g/mol. The van der Waals surface area contributed by atoms with Gasteiger partial charge < -0.3 is 15.2 Å². The third-order valence-corrected chi connectivity index (χ3v) is 10.0. The number of ether oxygens (including phenoxy) is 1. The molecule has 2 N–H and O–H groups in total. The number of aromatic hydroxyl groups is 1. The van der Waals surface area contributed by atoms with Crippen molar-refractivity contribution < 1.29 is 42.2 Å². The third kappa shape index (κ3) is 11.3. The summed E-state index contributed by atoms with van der Waals surface area (Å²) in [6.45, 7) is 16.8. The van der Waals surface area contributed by atoms with E-state index in [4.69, 9.17) is 4.98 Å². The maximum absolute atomic E-state index is 14.6. The number of aromatic nitrogens is 1. The Balaban J connectivity index is 0.00000366. The summed E-state index contributed by atoms with van der Waals surface area (Å²) in [7, 11) is 0. The first-order chi connectivity index (χ1) is 27.5. The topological polar surface area (TPSA) is 142 Å². The lowest BCUT2D eigenvalue weighted by molar-refractivity contribution is -0.274. The highest BCUT2D eigenvalue weighted by Crippen LogP contribution is 2.45. The minimum absolute atomic E-state index is 0.0270. The van der Waals surface area contributed by atoms with Gasteiger partial charge in [-0.25, -0.2) is 4.98 Å². The lowest BCUT2D eigenvalue weighted by Gasteiger charge is -2.32. The number of imide groups is 1. The Labute approximate surface area is 339 Å². The Bertz CT molecular complexity index is 2180. The third-order valence-electron chi connectivity index (χ3n) is 8.97. The van der Waals surface area contributed by atoms with Crippen LogP contribution in [-0.4, -0.2) is 63.8 Å². The summed E-state index contributed by atoms with van der Waals surface area (Å²) < 4.78 is 44.1. The number of rotatable bonds is 16. The molecule has 0 fully saturated rings. The molecule has 0 radical (unpaired) electrons. The Kier molecular flexibility index (Phi) is 14.9. The van der Waals surface area contributed by atoms with Gasteiger partial charge in [0.05, 0.1) is 16.3 Å². The van der Waals surface area contributed by atoms with Gasteiger partial charge in [0.25, 0.3) is 11.8 Å². The van der Waals surface area contributed by atoms with E-state index in [9.17, 15) is 37.5 Å². The highest BCUT2D eigenvalue weighted by molar-refractivity contribution is 7.22. The lowest BCUT2D eigenvalue weighted by Crippen LogP contribution is -2.44. The van der Waals surface area contributed by atoms with Crippen LogP contribution in [0.25, 0.3) is 16.3 Å². The van der Waals surface area contributed by atoms with Crippen LogP contribution in [0.2, 0.25) is 0 Å². The molecule has 0 aliphatic carbocycles. The maximum Gasteiger partial charge on any atom is 0.573 e. The number of anilines is 1. The maximum atomic E-state index is 14.6. The SMILES string of the molecule is C=Cc1ccc(C(c2ccc(OC(F)(F)F)cc2)N(C(=O)CC/C(C)=C\CC(C)(C)NC(=O)CCN2C(=O)C=CC2=O)c2nc3ccccc3s2)c(O)c1N=C.CC. The summed E-state index contributed by atoms with van der Waals surface area (Å²) >= 11 is 1.24. The number of hydrogen-bond acceptors (Lipinski definition) is 9. The van der Waals surface area contributed by atoms with Crippen molar-refractivity contribution >= 4 is 68.8 Å². The Hall–Kier alpha value is -6.09. The van der Waals surface area contributed by atoms with Gasteiger partial charge in [-0.15, -0.1) is 13.2 Å². The predicted octanol–water partition coefficient (Wildman–Crippen LogP) is 9.35. The molecule has 0 bridgehead atoms. The van der Waals surface area contributed by atoms with E-state index in [1.165, 1.54) is 34.4 Å². The van der Waals surface area contributed by atoms with Crippen LogP contribution in [0.15, 0.2) is 96.0 Å². The van der Waals surface area contributed by atoms with Crippen molar-refractivity contribution in [3.63, 3.8) is 0 Å². The van der Waals surface area contributed by atoms with Gasteiger partial charge in [0.1, 0.15) is 17.2 Å². The molecule has 0 saturated heterocycles. The zero-order valence-electron chi connectivity index (χ0n) is 32.9. The number of thiazole rings is 1. The van der Waals surface area contributed by atoms with E-state index >= 15 is 0 Å². The molecule has 5 rings (SSSR count). The Morgan fingerprint density at radius 3 is 2.28 bits per heavy atom. The van der Waals surface area contributed by atoms with E-state index in [1.807, 2.05) is 58.9 Å². The molecular weight excluding hydrogens is 772 g/mol. The molecule has 0 saturated carbocycles. The van der Waals surface area contributed by atoms with Crippen LogP contribution in [0.4, 0.5) is 24.0 Å². The number of carbonyl (C=O) groups excluding carboxylic acids is 4. The number of allylic oxidation sites excluding steroid dienone is 1. The van der Waals surface area contributed by atoms with Crippen molar-refractivity contribution in [1.82, 2.24) is 15.2 Å². The summed E-state index contributed by atoms with van der Waals surface area (Å²) in [6, 6.07) is 14.5. The molecule has 58 heavy (non-hydrogen) atoms. The smallest absolute Gasteiger partial charge is 0.505 e. The van der Waals surface area contributed by atoms with Gasteiger partial charge in [-0.1, -0.05) is 85.9 Å². The average Bonchev–Trinajstić information content (AvgIpc) is 3.76. The van der Waals surface area contributed by atoms with E-state index < -0.39 is 41.4 Å². The van der Waals surface area contributed by atoms with Gasteiger partial charge in [0.2, 0.25) is 11.8 Å². The van der Waals surface area contributed by atoms with Gasteiger partial charge in [0.15, 0.2) is 5.13 Å². The van der Waals surface area contributed by atoms with E-state index in [0.29, 0.717) is 29.5 Å². The summed E-state index contributed by atoms with van der Waals surface area (Å²) in [5, 5.41) is 14.8. The zero-order chi connectivity index (χ0) is 42.8. The number of phenols is 1. The second-order valence-corrected chi connectivity index (χ2v) is 14.7. The molecule has 4 aromatic rings. The number of halogens is 3. The van der Waals surface area contributed by atoms with Gasteiger partial charge in [0, 0.05) is 48.2 Å². The van der Waals surface area contributed by atoms with Crippen LogP contribution >= 0.6 is 11.3 Å². The number of nitrogens with zero attached hydrogens (tertiary/aromatic N) is 4. The molecule has 1 aromatic heterocycles. The van der Waals surface area contributed by atoms with Crippen LogP contribution in [0.3, 0.4) is 0 Å². The number of alkyl halides is 3. The normalized spacial score (nSPS) is 13.5. The van der Waals surface area contributed by atoms with Crippen LogP contribution in [-0.2, 0) is 19.2 Å². The van der Waals surface area contributed by atoms with Crippen LogP contribution in [0.5, 0.6) is 11.5 Å². The first-order valence-corrected chi connectivity index (χ1v) is 19.3. The largest absolute Gasteiger partial charge is 0.573 e. The number of para-hydroxylation sites is 1. The molecule has 306 valence electrons. The van der Waals surface area contributed by atoms with Crippen molar-refractivity contribution in [2.24, 2.45) is 4.99 Å². The highest BCUT2D eigenvalue weighted by atomic mass is 32.1. The zero-order valence-corrected chi connectivity index (χ0v) is 33.7. The molecule has 2 heterocycles. The van der Waals surface area contributed by atoms with Crippen molar-refractivity contribution in [1.29, 1.82) is 0 Å². The Morgan fingerprint density at radius 2 is 1.67 bits per heavy atom. The lowest BCUT2D eigenvalue weighted by atomic mass is 9.93. The number of aliphatic imine (C=N–C) groups is 1.